The molecule has 134 heavy (non-hydrogen) atoms. The maximum absolute atomic E-state index is 2.47. The van der Waals surface area contributed by atoms with Crippen molar-refractivity contribution in [2.75, 3.05) is 9.80 Å². The highest BCUT2D eigenvalue weighted by molar-refractivity contribution is 6.13. The molecule has 2 aromatic heterocycles. The molecule has 25 rings (SSSR count). The first-order chi connectivity index (χ1) is 65.9. The molecule has 0 N–H and O–H groups in total. The van der Waals surface area contributed by atoms with E-state index in [0.29, 0.717) is 0 Å². The lowest BCUT2D eigenvalue weighted by molar-refractivity contribution is 0.660. The van der Waals surface area contributed by atoms with E-state index in [1.54, 1.807) is 0 Å². The van der Waals surface area contributed by atoms with Gasteiger partial charge in [0, 0.05) is 77.6 Å². The van der Waals surface area contributed by atoms with Crippen molar-refractivity contribution in [1.82, 2.24) is 9.13 Å². The van der Waals surface area contributed by atoms with Crippen molar-refractivity contribution in [3.63, 3.8) is 0 Å². The Bertz CT molecular complexity index is 8450. The summed E-state index contributed by atoms with van der Waals surface area (Å²) in [5.41, 5.74) is 43.5. The molecule has 634 valence electrons. The van der Waals surface area contributed by atoms with E-state index < -0.39 is 0 Å². The molecule has 0 radical (unpaired) electrons. The van der Waals surface area contributed by atoms with Crippen LogP contribution in [0.1, 0.15) is 49.9 Å². The van der Waals surface area contributed by atoms with E-state index in [2.05, 4.69) is 544 Å². The van der Waals surface area contributed by atoms with E-state index in [1.165, 1.54) is 182 Å². The smallest absolute Gasteiger partial charge is 0.0541 e. The molecule has 0 atom stereocenters. The number of fused-ring (bicyclic) bond motifs is 13. The Morgan fingerprint density at radius 3 is 0.896 bits per heavy atom. The summed E-state index contributed by atoms with van der Waals surface area (Å²) in [6.45, 7) is 9.44. The van der Waals surface area contributed by atoms with Crippen molar-refractivity contribution in [1.29, 1.82) is 0 Å². The fourth-order valence-corrected chi connectivity index (χ4v) is 21.5. The SMILES string of the molecule is CC1(C)c2ccccc2-c2ccc(N(c3ccc(-c4ccccc4)cc3)c3cccc(-c4cccc(-c5ccc6c(c5)c5ccccc5n6-c5ccc(-c6ccccc6)cc5)c4)c3)cc21.CC1(C)c2ccccc2-c2ccc(N(c3cccc(-c4cccc(-c5ccc6c(c5)c5ccccc5n6-c5ccc(-c6ccccc6)cc5)c4)c3)c3ccc(-c4ccccc4)c4ccccc34)cc21. The second-order valence-electron chi connectivity index (χ2n) is 36.7. The molecule has 0 saturated heterocycles. The van der Waals surface area contributed by atoms with Crippen molar-refractivity contribution < 1.29 is 0 Å². The molecule has 0 bridgehead atoms. The zero-order valence-electron chi connectivity index (χ0n) is 75.1. The average molecular weight is 1710 g/mol. The van der Waals surface area contributed by atoms with Gasteiger partial charge in [-0.15, -0.1) is 0 Å². The van der Waals surface area contributed by atoms with Gasteiger partial charge in [-0.2, -0.15) is 0 Å². The van der Waals surface area contributed by atoms with Crippen LogP contribution in [0.3, 0.4) is 0 Å². The van der Waals surface area contributed by atoms with E-state index in [1.807, 2.05) is 0 Å². The van der Waals surface area contributed by atoms with Gasteiger partial charge in [-0.25, -0.2) is 0 Å². The van der Waals surface area contributed by atoms with Crippen LogP contribution >= 0.6 is 0 Å². The zero-order chi connectivity index (χ0) is 89.5. The number of nitrogens with zero attached hydrogens (tertiary/aromatic N) is 4. The third-order valence-electron chi connectivity index (χ3n) is 28.2. The predicted molar refractivity (Wildman–Crippen MR) is 567 cm³/mol. The van der Waals surface area contributed by atoms with E-state index in [-0.39, 0.29) is 10.8 Å². The van der Waals surface area contributed by atoms with Crippen LogP contribution < -0.4 is 9.80 Å². The lowest BCUT2D eigenvalue weighted by Gasteiger charge is -2.30. The van der Waals surface area contributed by atoms with Crippen LogP contribution in [0, 0.1) is 0 Å². The largest absolute Gasteiger partial charge is 0.310 e. The van der Waals surface area contributed by atoms with E-state index >= 15 is 0 Å². The Hall–Kier alpha value is -16.9. The van der Waals surface area contributed by atoms with E-state index in [4.69, 9.17) is 0 Å². The molecule has 0 spiro atoms. The zero-order valence-corrected chi connectivity index (χ0v) is 75.1. The summed E-state index contributed by atoms with van der Waals surface area (Å²) in [7, 11) is 0. The molecule has 4 heteroatoms. The van der Waals surface area contributed by atoms with Crippen molar-refractivity contribution >= 4 is 88.5 Å². The second-order valence-corrected chi connectivity index (χ2v) is 36.7. The van der Waals surface area contributed by atoms with Gasteiger partial charge in [0.25, 0.3) is 0 Å². The normalized spacial score (nSPS) is 12.6. The Morgan fingerprint density at radius 2 is 0.448 bits per heavy atom. The van der Waals surface area contributed by atoms with Crippen molar-refractivity contribution in [2.45, 2.75) is 38.5 Å². The maximum atomic E-state index is 2.47. The highest BCUT2D eigenvalue weighted by Gasteiger charge is 2.38. The number of anilines is 6. The van der Waals surface area contributed by atoms with Gasteiger partial charge in [-0.3, -0.25) is 0 Å². The van der Waals surface area contributed by atoms with Gasteiger partial charge in [0.1, 0.15) is 0 Å². The minimum atomic E-state index is -0.138. The summed E-state index contributed by atoms with van der Waals surface area (Å²) in [5.74, 6) is 0. The number of rotatable bonds is 16. The van der Waals surface area contributed by atoms with Gasteiger partial charge in [0.05, 0.1) is 27.8 Å². The first-order valence-electron chi connectivity index (χ1n) is 46.6. The van der Waals surface area contributed by atoms with Gasteiger partial charge >= 0.3 is 0 Å². The van der Waals surface area contributed by atoms with Crippen molar-refractivity contribution in [3.8, 4) is 123 Å². The predicted octanol–water partition coefficient (Wildman–Crippen LogP) is 35.6. The number of benzene rings is 21. The van der Waals surface area contributed by atoms with Crippen LogP contribution in [0.15, 0.2) is 497 Å². The van der Waals surface area contributed by atoms with Gasteiger partial charge in [0.15, 0.2) is 0 Å². The number of para-hydroxylation sites is 2. The molecule has 2 aliphatic carbocycles. The van der Waals surface area contributed by atoms with Gasteiger partial charge in [-0.1, -0.05) is 386 Å². The average Bonchev–Trinajstić information content (AvgIpc) is 1.76. The molecule has 2 aliphatic rings. The summed E-state index contributed by atoms with van der Waals surface area (Å²) in [6, 6.07) is 182. The molecular weight excluding hydrogens is 1620 g/mol. The lowest BCUT2D eigenvalue weighted by Crippen LogP contribution is -2.16. The van der Waals surface area contributed by atoms with Gasteiger partial charge in [-0.05, 0) is 278 Å². The second kappa shape index (κ2) is 33.2. The summed E-state index contributed by atoms with van der Waals surface area (Å²) in [5, 5.41) is 7.40. The van der Waals surface area contributed by atoms with Gasteiger partial charge < -0.3 is 18.9 Å². The number of hydrogen-bond acceptors (Lipinski definition) is 2. The number of aromatic nitrogens is 2. The van der Waals surface area contributed by atoms with Crippen LogP contribution in [-0.4, -0.2) is 9.13 Å². The molecule has 0 aliphatic heterocycles. The minimum Gasteiger partial charge on any atom is -0.310 e. The molecule has 23 aromatic rings. The summed E-state index contributed by atoms with van der Waals surface area (Å²) >= 11 is 0. The highest BCUT2D eigenvalue weighted by atomic mass is 15.2. The fourth-order valence-electron chi connectivity index (χ4n) is 21.5. The van der Waals surface area contributed by atoms with Crippen molar-refractivity contribution in [2.24, 2.45) is 0 Å². The van der Waals surface area contributed by atoms with E-state index in [9.17, 15) is 0 Å². The van der Waals surface area contributed by atoms with Crippen LogP contribution in [0.4, 0.5) is 34.1 Å². The van der Waals surface area contributed by atoms with Crippen LogP contribution in [0.5, 0.6) is 0 Å². The molecular formula is C130H94N4. The number of hydrogen-bond donors (Lipinski definition) is 0. The first kappa shape index (κ1) is 80.4. The Morgan fingerprint density at radius 1 is 0.157 bits per heavy atom. The highest BCUT2D eigenvalue weighted by Crippen LogP contribution is 2.55. The molecule has 2 heterocycles. The quantitative estimate of drug-likeness (QED) is 0.0959. The Kier molecular flexibility index (Phi) is 19.9. The maximum Gasteiger partial charge on any atom is 0.0541 e. The molecule has 0 fully saturated rings. The lowest BCUT2D eigenvalue weighted by atomic mass is 9.82. The summed E-state index contributed by atoms with van der Waals surface area (Å²) in [6.07, 6.45) is 0. The Labute approximate surface area is 782 Å². The Balaban J connectivity index is 0.000000147. The van der Waals surface area contributed by atoms with E-state index in [0.717, 1.165) is 51.1 Å². The van der Waals surface area contributed by atoms with Crippen molar-refractivity contribution in [3.05, 3.63) is 520 Å². The van der Waals surface area contributed by atoms with Crippen LogP contribution in [0.25, 0.3) is 177 Å². The fraction of sp³-hybridized carbons (Fsp3) is 0.0462. The summed E-state index contributed by atoms with van der Waals surface area (Å²) < 4.78 is 4.79. The molecule has 0 unspecified atom stereocenters. The topological polar surface area (TPSA) is 16.3 Å². The van der Waals surface area contributed by atoms with Crippen LogP contribution in [-0.2, 0) is 10.8 Å². The first-order valence-corrected chi connectivity index (χ1v) is 46.6. The minimum absolute atomic E-state index is 0.112. The standard InChI is InChI=1S/C67H48N2.C63H46N2/c1-67(2)62-29-13-11-26-57(62)58-37-36-54(44-63(58)67)68(65-40-38-55(47-19-7-4-8-20-47)56-25-9-10-27-59(56)65)53-24-16-23-50(42-53)48-21-15-22-49(41-48)51-33-39-66-61(43-51)60-28-12-14-30-64(60)69(66)52-34-31-46(32-35-52)45-17-5-3-6-18-45;1-63(2)59-25-11-9-23-55(59)56-37-36-54(42-60(56)63)64(51-32-27-45(28-33-51)43-15-5-3-6-16-43)53-22-14-21-49(40-53)47-19-13-20-48(39-47)50-31-38-62-58(41-50)57-24-10-12-26-61(57)65(62)52-34-29-46(30-35-52)44-17-7-4-8-18-44/h3-44H,1-2H3;3-42H,1-2H3. The molecule has 0 amide bonds. The molecule has 4 nitrogen and oxygen atoms in total. The third-order valence-corrected chi connectivity index (χ3v) is 28.2. The monoisotopic (exact) mass is 1710 g/mol. The molecule has 0 saturated carbocycles. The van der Waals surface area contributed by atoms with Gasteiger partial charge in [0.2, 0.25) is 0 Å². The summed E-state index contributed by atoms with van der Waals surface area (Å²) in [4.78, 5) is 4.89. The molecule has 21 aromatic carbocycles. The third kappa shape index (κ3) is 14.2. The van der Waals surface area contributed by atoms with Crippen LogP contribution in [0.2, 0.25) is 0 Å².